The molecule has 0 fully saturated rings. The van der Waals surface area contributed by atoms with E-state index in [0.29, 0.717) is 37.1 Å². The van der Waals surface area contributed by atoms with Crippen molar-refractivity contribution in [3.05, 3.63) is 60.0 Å². The summed E-state index contributed by atoms with van der Waals surface area (Å²) >= 11 is 0. The van der Waals surface area contributed by atoms with Crippen LogP contribution in [0.3, 0.4) is 0 Å². The van der Waals surface area contributed by atoms with Crippen molar-refractivity contribution >= 4 is 5.96 Å². The molecule has 2 aromatic carbocycles. The van der Waals surface area contributed by atoms with Crippen LogP contribution in [0.1, 0.15) is 18.2 Å². The van der Waals surface area contributed by atoms with Crippen LogP contribution in [0.15, 0.2) is 58.1 Å². The van der Waals surface area contributed by atoms with Crippen LogP contribution in [-0.4, -0.2) is 45.4 Å². The van der Waals surface area contributed by atoms with Crippen molar-refractivity contribution < 1.29 is 18.6 Å². The Morgan fingerprint density at radius 1 is 1.00 bits per heavy atom. The molecule has 0 spiro atoms. The molecule has 0 bridgehead atoms. The molecule has 170 valence electrons. The molecule has 2 N–H and O–H groups in total. The number of nitrogens with one attached hydrogen (secondary N) is 2. The highest BCUT2D eigenvalue weighted by atomic mass is 16.5. The number of methoxy groups -OCH3 is 3. The molecular formula is C24H30N4O4. The van der Waals surface area contributed by atoms with E-state index in [1.807, 2.05) is 49.4 Å². The molecule has 3 aromatic rings. The van der Waals surface area contributed by atoms with Gasteiger partial charge >= 0.3 is 0 Å². The standard InChI is InChI=1S/C24H30N4O4/c1-5-25-24(27-15-18-16-32-23(28-18)17-9-7-6-8-10-17)26-12-11-20-21(30-3)13-19(29-2)14-22(20)31-4/h6-10,13-14,16H,5,11-12,15H2,1-4H3,(H2,25,26,27). The summed E-state index contributed by atoms with van der Waals surface area (Å²) in [6, 6.07) is 13.5. The summed E-state index contributed by atoms with van der Waals surface area (Å²) in [4.78, 5) is 9.15. The quantitative estimate of drug-likeness (QED) is 0.369. The second-order valence-electron chi connectivity index (χ2n) is 6.89. The van der Waals surface area contributed by atoms with Gasteiger partial charge in [-0.25, -0.2) is 9.98 Å². The lowest BCUT2D eigenvalue weighted by molar-refractivity contribution is 0.368. The fourth-order valence-electron chi connectivity index (χ4n) is 3.22. The number of aromatic nitrogens is 1. The predicted molar refractivity (Wildman–Crippen MR) is 125 cm³/mol. The van der Waals surface area contributed by atoms with Crippen LogP contribution in [0, 0.1) is 0 Å². The Bertz CT molecular complexity index is 993. The van der Waals surface area contributed by atoms with Gasteiger partial charge in [-0.2, -0.15) is 0 Å². The lowest BCUT2D eigenvalue weighted by Gasteiger charge is -2.16. The minimum Gasteiger partial charge on any atom is -0.496 e. The molecule has 1 heterocycles. The lowest BCUT2D eigenvalue weighted by atomic mass is 10.1. The van der Waals surface area contributed by atoms with Gasteiger partial charge in [-0.3, -0.25) is 0 Å². The molecule has 0 saturated carbocycles. The second kappa shape index (κ2) is 11.6. The molecule has 8 nitrogen and oxygen atoms in total. The van der Waals surface area contributed by atoms with Gasteiger partial charge in [-0.1, -0.05) is 18.2 Å². The summed E-state index contributed by atoms with van der Waals surface area (Å²) in [6.07, 6.45) is 2.32. The van der Waals surface area contributed by atoms with Crippen molar-refractivity contribution in [1.29, 1.82) is 0 Å². The Balaban J connectivity index is 1.64. The van der Waals surface area contributed by atoms with E-state index < -0.39 is 0 Å². The van der Waals surface area contributed by atoms with Crippen LogP contribution in [0.4, 0.5) is 0 Å². The van der Waals surface area contributed by atoms with E-state index in [2.05, 4.69) is 20.6 Å². The van der Waals surface area contributed by atoms with Gasteiger partial charge in [-0.05, 0) is 25.5 Å². The second-order valence-corrected chi connectivity index (χ2v) is 6.89. The first kappa shape index (κ1) is 23.0. The zero-order chi connectivity index (χ0) is 22.8. The summed E-state index contributed by atoms with van der Waals surface area (Å²) in [5, 5.41) is 6.60. The zero-order valence-corrected chi connectivity index (χ0v) is 19.0. The molecule has 1 aromatic heterocycles. The summed E-state index contributed by atoms with van der Waals surface area (Å²) in [5.74, 6) is 3.42. The van der Waals surface area contributed by atoms with Crippen LogP contribution in [-0.2, 0) is 13.0 Å². The number of ether oxygens (including phenoxy) is 3. The Labute approximate surface area is 188 Å². The molecule has 32 heavy (non-hydrogen) atoms. The van der Waals surface area contributed by atoms with Gasteiger partial charge in [0.1, 0.15) is 29.2 Å². The molecule has 0 saturated heterocycles. The monoisotopic (exact) mass is 438 g/mol. The number of oxazole rings is 1. The van der Waals surface area contributed by atoms with E-state index in [4.69, 9.17) is 18.6 Å². The third-order valence-corrected chi connectivity index (χ3v) is 4.80. The molecule has 0 amide bonds. The van der Waals surface area contributed by atoms with Crippen LogP contribution in [0.5, 0.6) is 17.2 Å². The summed E-state index contributed by atoms with van der Waals surface area (Å²) in [6.45, 7) is 3.81. The third kappa shape index (κ3) is 5.94. The molecule has 0 radical (unpaired) electrons. The van der Waals surface area contributed by atoms with Gasteiger partial charge in [-0.15, -0.1) is 0 Å². The maximum atomic E-state index is 5.59. The molecule has 0 atom stereocenters. The third-order valence-electron chi connectivity index (χ3n) is 4.80. The molecule has 8 heteroatoms. The smallest absolute Gasteiger partial charge is 0.226 e. The van der Waals surface area contributed by atoms with Gasteiger partial charge in [0.15, 0.2) is 5.96 Å². The van der Waals surface area contributed by atoms with Crippen molar-refractivity contribution in [2.75, 3.05) is 34.4 Å². The highest BCUT2D eigenvalue weighted by molar-refractivity contribution is 5.79. The van der Waals surface area contributed by atoms with Gasteiger partial charge < -0.3 is 29.3 Å². The molecule has 0 unspecified atom stereocenters. The fraction of sp³-hybridized carbons (Fsp3) is 0.333. The average molecular weight is 439 g/mol. The zero-order valence-electron chi connectivity index (χ0n) is 19.0. The van der Waals surface area contributed by atoms with Crippen molar-refractivity contribution in [3.63, 3.8) is 0 Å². The maximum absolute atomic E-state index is 5.59. The highest BCUT2D eigenvalue weighted by Gasteiger charge is 2.13. The maximum Gasteiger partial charge on any atom is 0.226 e. The lowest BCUT2D eigenvalue weighted by Crippen LogP contribution is -2.38. The SMILES string of the molecule is CCNC(=NCc1coc(-c2ccccc2)n1)NCCc1c(OC)cc(OC)cc1OC. The highest BCUT2D eigenvalue weighted by Crippen LogP contribution is 2.34. The van der Waals surface area contributed by atoms with E-state index in [9.17, 15) is 0 Å². The van der Waals surface area contributed by atoms with E-state index in [-0.39, 0.29) is 0 Å². The number of rotatable bonds is 10. The Hall–Kier alpha value is -3.68. The van der Waals surface area contributed by atoms with Crippen molar-refractivity contribution in [1.82, 2.24) is 15.6 Å². The van der Waals surface area contributed by atoms with Gasteiger partial charge in [0.25, 0.3) is 0 Å². The largest absolute Gasteiger partial charge is 0.496 e. The van der Waals surface area contributed by atoms with Crippen LogP contribution < -0.4 is 24.8 Å². The number of hydrogen-bond acceptors (Lipinski definition) is 6. The first-order valence-corrected chi connectivity index (χ1v) is 10.5. The summed E-state index contributed by atoms with van der Waals surface area (Å²) in [7, 11) is 4.89. The predicted octanol–water partition coefficient (Wildman–Crippen LogP) is 3.67. The normalized spacial score (nSPS) is 11.2. The Morgan fingerprint density at radius 2 is 1.72 bits per heavy atom. The van der Waals surface area contributed by atoms with Crippen LogP contribution in [0.2, 0.25) is 0 Å². The number of benzene rings is 2. The average Bonchev–Trinajstić information content (AvgIpc) is 3.32. The molecular weight excluding hydrogens is 408 g/mol. The van der Waals surface area contributed by atoms with E-state index in [0.717, 1.165) is 34.9 Å². The molecule has 0 aliphatic rings. The molecule has 0 aliphatic heterocycles. The van der Waals surface area contributed by atoms with Crippen LogP contribution >= 0.6 is 0 Å². The van der Waals surface area contributed by atoms with Crippen molar-refractivity contribution in [3.8, 4) is 28.7 Å². The first-order valence-electron chi connectivity index (χ1n) is 10.5. The van der Waals surface area contributed by atoms with Gasteiger partial charge in [0.05, 0.1) is 27.9 Å². The first-order chi connectivity index (χ1) is 15.7. The fourth-order valence-corrected chi connectivity index (χ4v) is 3.22. The van der Waals surface area contributed by atoms with Crippen molar-refractivity contribution in [2.45, 2.75) is 19.9 Å². The van der Waals surface area contributed by atoms with Gasteiger partial charge in [0.2, 0.25) is 5.89 Å². The van der Waals surface area contributed by atoms with E-state index >= 15 is 0 Å². The molecule has 0 aliphatic carbocycles. The summed E-state index contributed by atoms with van der Waals surface area (Å²) < 4.78 is 22.0. The topological polar surface area (TPSA) is 90.1 Å². The van der Waals surface area contributed by atoms with E-state index in [1.54, 1.807) is 27.6 Å². The van der Waals surface area contributed by atoms with E-state index in [1.165, 1.54) is 0 Å². The number of guanidine groups is 1. The Kier molecular flexibility index (Phi) is 8.36. The summed E-state index contributed by atoms with van der Waals surface area (Å²) in [5.41, 5.74) is 2.66. The number of hydrogen-bond donors (Lipinski definition) is 2. The molecule has 3 rings (SSSR count). The minimum absolute atomic E-state index is 0.404. The van der Waals surface area contributed by atoms with Crippen LogP contribution in [0.25, 0.3) is 11.5 Å². The minimum atomic E-state index is 0.404. The Morgan fingerprint density at radius 3 is 2.34 bits per heavy atom. The van der Waals surface area contributed by atoms with Gasteiger partial charge in [0, 0.05) is 36.3 Å². The van der Waals surface area contributed by atoms with Crippen molar-refractivity contribution in [2.24, 2.45) is 4.99 Å². The number of aliphatic imine (C=N–C) groups is 1. The number of nitrogens with zero attached hydrogens (tertiary/aromatic N) is 2.